The molecule has 0 aromatic heterocycles. The summed E-state index contributed by atoms with van der Waals surface area (Å²) >= 11 is 4.32. The monoisotopic (exact) mass is 222 g/mol. The first-order valence-corrected chi connectivity index (χ1v) is 6.18. The lowest BCUT2D eigenvalue weighted by atomic mass is 9.74. The zero-order valence-electron chi connectivity index (χ0n) is 10.2. The fourth-order valence-corrected chi connectivity index (χ4v) is 2.24. The van der Waals surface area contributed by atoms with Crippen LogP contribution in [0.3, 0.4) is 0 Å². The van der Waals surface area contributed by atoms with E-state index in [1.54, 1.807) is 0 Å². The molecule has 1 rings (SSSR count). The van der Waals surface area contributed by atoms with Crippen molar-refractivity contribution in [3.63, 3.8) is 0 Å². The fourth-order valence-electron chi connectivity index (χ4n) is 2.09. The van der Waals surface area contributed by atoms with Crippen LogP contribution in [-0.2, 0) is 0 Å². The van der Waals surface area contributed by atoms with Gasteiger partial charge in [0.2, 0.25) is 0 Å². The molecule has 0 saturated heterocycles. The molecule has 1 aromatic rings. The van der Waals surface area contributed by atoms with Crippen LogP contribution in [0.25, 0.3) is 0 Å². The van der Waals surface area contributed by atoms with E-state index < -0.39 is 0 Å². The summed E-state index contributed by atoms with van der Waals surface area (Å²) in [6, 6.07) is 8.61. The van der Waals surface area contributed by atoms with Crippen molar-refractivity contribution in [1.82, 2.24) is 0 Å². The lowest BCUT2D eigenvalue weighted by Gasteiger charge is -2.31. The molecule has 0 amide bonds. The lowest BCUT2D eigenvalue weighted by Crippen LogP contribution is -2.18. The average Bonchev–Trinajstić information content (AvgIpc) is 2.14. The Hall–Kier alpha value is -0.430. The van der Waals surface area contributed by atoms with E-state index in [0.717, 1.165) is 4.90 Å². The number of hydrogen-bond acceptors (Lipinski definition) is 1. The third-order valence-corrected chi connectivity index (χ3v) is 3.22. The van der Waals surface area contributed by atoms with Gasteiger partial charge < -0.3 is 0 Å². The molecule has 1 aromatic carbocycles. The van der Waals surface area contributed by atoms with Crippen LogP contribution in [0.2, 0.25) is 0 Å². The summed E-state index contributed by atoms with van der Waals surface area (Å²) in [7, 11) is 0. The molecule has 0 aliphatic heterocycles. The van der Waals surface area contributed by atoms with Crippen LogP contribution in [0.1, 0.15) is 52.0 Å². The zero-order valence-corrected chi connectivity index (χ0v) is 11.1. The van der Waals surface area contributed by atoms with Gasteiger partial charge in [-0.3, -0.25) is 0 Å². The van der Waals surface area contributed by atoms with Crippen molar-refractivity contribution in [3.05, 3.63) is 29.8 Å². The molecular weight excluding hydrogens is 200 g/mol. The number of hydrogen-bond donors (Lipinski definition) is 1. The highest BCUT2D eigenvalue weighted by molar-refractivity contribution is 7.80. The molecule has 84 valence electrons. The first-order valence-electron chi connectivity index (χ1n) is 5.74. The van der Waals surface area contributed by atoms with Crippen molar-refractivity contribution < 1.29 is 0 Å². The van der Waals surface area contributed by atoms with Crippen LogP contribution in [0.15, 0.2) is 29.2 Å². The van der Waals surface area contributed by atoms with E-state index in [2.05, 4.69) is 64.6 Å². The van der Waals surface area contributed by atoms with Gasteiger partial charge in [-0.05, 0) is 35.4 Å². The Morgan fingerprint density at radius 2 is 1.67 bits per heavy atom. The minimum Gasteiger partial charge on any atom is -0.143 e. The quantitative estimate of drug-likeness (QED) is 0.691. The predicted molar refractivity (Wildman–Crippen MR) is 70.8 cm³/mol. The lowest BCUT2D eigenvalue weighted by molar-refractivity contribution is 0.303. The van der Waals surface area contributed by atoms with Crippen molar-refractivity contribution in [2.24, 2.45) is 5.41 Å². The molecule has 1 heteroatoms. The van der Waals surface area contributed by atoms with Gasteiger partial charge in [0.15, 0.2) is 0 Å². The van der Waals surface area contributed by atoms with E-state index in [9.17, 15) is 0 Å². The highest BCUT2D eigenvalue weighted by Gasteiger charge is 2.24. The van der Waals surface area contributed by atoms with E-state index >= 15 is 0 Å². The number of benzene rings is 1. The maximum absolute atomic E-state index is 4.32. The maximum atomic E-state index is 4.32. The Bertz CT molecular complexity index is 292. The molecule has 0 nitrogen and oxygen atoms in total. The van der Waals surface area contributed by atoms with Crippen LogP contribution in [0.5, 0.6) is 0 Å². The maximum Gasteiger partial charge on any atom is 0.00401 e. The Labute approximate surface area is 99.5 Å². The molecule has 1 atom stereocenters. The highest BCUT2D eigenvalue weighted by atomic mass is 32.1. The SMILES string of the molecule is CCCC(c1ccc(S)cc1)C(C)(C)C. The van der Waals surface area contributed by atoms with Gasteiger partial charge in [-0.2, -0.15) is 0 Å². The molecule has 0 saturated carbocycles. The zero-order chi connectivity index (χ0) is 11.5. The van der Waals surface area contributed by atoms with Gasteiger partial charge >= 0.3 is 0 Å². The average molecular weight is 222 g/mol. The van der Waals surface area contributed by atoms with Crippen molar-refractivity contribution in [2.45, 2.75) is 51.3 Å². The van der Waals surface area contributed by atoms with E-state index in [1.807, 2.05) is 0 Å². The van der Waals surface area contributed by atoms with Gasteiger partial charge in [-0.15, -0.1) is 12.6 Å². The molecular formula is C14H22S. The summed E-state index contributed by atoms with van der Waals surface area (Å²) in [6.07, 6.45) is 2.50. The summed E-state index contributed by atoms with van der Waals surface area (Å²) in [4.78, 5) is 1.04. The number of rotatable bonds is 3. The van der Waals surface area contributed by atoms with Crippen molar-refractivity contribution in [3.8, 4) is 0 Å². The van der Waals surface area contributed by atoms with Gasteiger partial charge in [-0.25, -0.2) is 0 Å². The third kappa shape index (κ3) is 3.57. The fraction of sp³-hybridized carbons (Fsp3) is 0.571. The Kier molecular flexibility index (Phi) is 4.27. The first-order chi connectivity index (χ1) is 6.95. The Balaban J connectivity index is 2.94. The summed E-state index contributed by atoms with van der Waals surface area (Å²) in [5.74, 6) is 0.649. The molecule has 0 fully saturated rings. The van der Waals surface area contributed by atoms with Gasteiger partial charge in [0.05, 0.1) is 0 Å². The molecule has 15 heavy (non-hydrogen) atoms. The van der Waals surface area contributed by atoms with Crippen LogP contribution in [0, 0.1) is 5.41 Å². The summed E-state index contributed by atoms with van der Waals surface area (Å²) in [5.41, 5.74) is 1.79. The third-order valence-electron chi connectivity index (χ3n) is 2.92. The normalized spacial score (nSPS) is 13.9. The molecule has 0 spiro atoms. The van der Waals surface area contributed by atoms with Gasteiger partial charge in [0.1, 0.15) is 0 Å². The van der Waals surface area contributed by atoms with E-state index in [1.165, 1.54) is 18.4 Å². The Morgan fingerprint density at radius 1 is 1.13 bits per heavy atom. The van der Waals surface area contributed by atoms with E-state index in [4.69, 9.17) is 0 Å². The molecule has 0 radical (unpaired) electrons. The van der Waals surface area contributed by atoms with Gasteiger partial charge in [0.25, 0.3) is 0 Å². The van der Waals surface area contributed by atoms with Crippen molar-refractivity contribution in [2.75, 3.05) is 0 Å². The van der Waals surface area contributed by atoms with Crippen LogP contribution in [-0.4, -0.2) is 0 Å². The van der Waals surface area contributed by atoms with Gasteiger partial charge in [0, 0.05) is 4.90 Å². The van der Waals surface area contributed by atoms with Crippen LogP contribution in [0.4, 0.5) is 0 Å². The minimum atomic E-state index is 0.341. The predicted octanol–water partition coefficient (Wildman–Crippen LogP) is 4.91. The standard InChI is InChI=1S/C14H22S/c1-5-6-13(14(2,3)4)11-7-9-12(15)10-8-11/h7-10,13,15H,5-6H2,1-4H3. The largest absolute Gasteiger partial charge is 0.143 e. The topological polar surface area (TPSA) is 0 Å². The van der Waals surface area contributed by atoms with Crippen LogP contribution < -0.4 is 0 Å². The van der Waals surface area contributed by atoms with Crippen LogP contribution >= 0.6 is 12.6 Å². The number of thiol groups is 1. The Morgan fingerprint density at radius 3 is 2.07 bits per heavy atom. The summed E-state index contributed by atoms with van der Waals surface area (Å²) < 4.78 is 0. The first kappa shape index (κ1) is 12.6. The van der Waals surface area contributed by atoms with E-state index in [-0.39, 0.29) is 0 Å². The molecule has 1 unspecified atom stereocenters. The van der Waals surface area contributed by atoms with Gasteiger partial charge in [-0.1, -0.05) is 46.2 Å². The second-order valence-corrected chi connectivity index (χ2v) is 5.82. The second-order valence-electron chi connectivity index (χ2n) is 5.30. The second kappa shape index (κ2) is 5.07. The van der Waals surface area contributed by atoms with Crippen molar-refractivity contribution in [1.29, 1.82) is 0 Å². The molecule has 0 aliphatic rings. The molecule has 0 bridgehead atoms. The summed E-state index contributed by atoms with van der Waals surface area (Å²) in [6.45, 7) is 9.22. The van der Waals surface area contributed by atoms with Crippen molar-refractivity contribution >= 4 is 12.6 Å². The molecule has 0 aliphatic carbocycles. The van der Waals surface area contributed by atoms with E-state index in [0.29, 0.717) is 11.3 Å². The molecule has 0 N–H and O–H groups in total. The smallest absolute Gasteiger partial charge is 0.00401 e. The summed E-state index contributed by atoms with van der Waals surface area (Å²) in [5, 5.41) is 0. The minimum absolute atomic E-state index is 0.341. The highest BCUT2D eigenvalue weighted by Crippen LogP contribution is 2.38. The molecule has 0 heterocycles.